The summed E-state index contributed by atoms with van der Waals surface area (Å²) < 4.78 is 1.48. The van der Waals surface area contributed by atoms with Gasteiger partial charge in [0.15, 0.2) is 0 Å². The molecule has 0 radical (unpaired) electrons. The number of nitrogens with two attached hydrogens (primary N) is 1. The molecule has 0 aliphatic carbocycles. The minimum Gasteiger partial charge on any atom is -0.396 e. The van der Waals surface area contributed by atoms with Crippen LogP contribution in [0.3, 0.4) is 0 Å². The smallest absolute Gasteiger partial charge is 0.211 e. The number of carbonyl (C=O) groups excluding carboxylic acids is 1. The van der Waals surface area contributed by atoms with Gasteiger partial charge in [-0.15, -0.1) is 0 Å². The van der Waals surface area contributed by atoms with Crippen LogP contribution in [0.15, 0.2) is 48.7 Å². The molecule has 2 N–H and O–H groups in total. The van der Waals surface area contributed by atoms with E-state index in [1.54, 1.807) is 12.1 Å². The normalized spacial score (nSPS) is 10.2. The second-order valence-electron chi connectivity index (χ2n) is 5.40. The second-order valence-corrected chi connectivity index (χ2v) is 6.24. The van der Waals surface area contributed by atoms with Crippen molar-refractivity contribution in [3.05, 3.63) is 81.1 Å². The molecule has 2 aromatic carbocycles. The molecule has 1 heterocycles. The predicted octanol–water partition coefficient (Wildman–Crippen LogP) is 4.34. The Hall–Kier alpha value is -3.25. The van der Waals surface area contributed by atoms with Crippen molar-refractivity contribution >= 4 is 34.7 Å². The van der Waals surface area contributed by atoms with Gasteiger partial charge in [0.2, 0.25) is 5.78 Å². The van der Waals surface area contributed by atoms with E-state index in [2.05, 4.69) is 0 Å². The van der Waals surface area contributed by atoms with E-state index in [0.717, 1.165) is 0 Å². The molecular formula is C19H10Cl2N4O. The van der Waals surface area contributed by atoms with Crippen LogP contribution in [0.2, 0.25) is 10.0 Å². The number of nitrogen functional groups attached to an aromatic ring is 1. The molecule has 0 aliphatic heterocycles. The molecule has 1 aromatic heterocycles. The highest BCUT2D eigenvalue weighted by atomic mass is 35.5. The first-order chi connectivity index (χ1) is 12.5. The first-order valence-corrected chi connectivity index (χ1v) is 8.13. The van der Waals surface area contributed by atoms with Crippen LogP contribution in [0.1, 0.15) is 27.2 Å². The third-order valence-corrected chi connectivity index (χ3v) is 4.36. The lowest BCUT2D eigenvalue weighted by Crippen LogP contribution is -2.11. The van der Waals surface area contributed by atoms with E-state index < -0.39 is 0 Å². The van der Waals surface area contributed by atoms with Crippen molar-refractivity contribution in [2.45, 2.75) is 0 Å². The molecule has 0 amide bonds. The third-order valence-electron chi connectivity index (χ3n) is 3.83. The molecule has 7 heteroatoms. The molecule has 0 fully saturated rings. The summed E-state index contributed by atoms with van der Waals surface area (Å²) in [5, 5.41) is 18.9. The largest absolute Gasteiger partial charge is 0.396 e. The average molecular weight is 381 g/mol. The van der Waals surface area contributed by atoms with Crippen LogP contribution >= 0.6 is 23.2 Å². The summed E-state index contributed by atoms with van der Waals surface area (Å²) in [5.41, 5.74) is 7.63. The highest BCUT2D eigenvalue weighted by molar-refractivity contribution is 6.35. The Labute approximate surface area is 159 Å². The van der Waals surface area contributed by atoms with Gasteiger partial charge in [0, 0.05) is 16.8 Å². The third kappa shape index (κ3) is 3.02. The number of rotatable bonds is 3. The van der Waals surface area contributed by atoms with Gasteiger partial charge in [0.05, 0.1) is 33.6 Å². The van der Waals surface area contributed by atoms with Crippen molar-refractivity contribution < 1.29 is 4.79 Å². The van der Waals surface area contributed by atoms with Crippen LogP contribution < -0.4 is 5.73 Å². The molecule has 0 bridgehead atoms. The fourth-order valence-electron chi connectivity index (χ4n) is 2.54. The Kier molecular flexibility index (Phi) is 4.69. The SMILES string of the molecule is N#Cc1ccc(C(=O)c2c(N)c(C#N)cn2-c2ccc(Cl)cc2Cl)cc1. The highest BCUT2D eigenvalue weighted by Gasteiger charge is 2.23. The number of nitriles is 2. The summed E-state index contributed by atoms with van der Waals surface area (Å²) >= 11 is 12.2. The molecule has 3 aromatic rings. The van der Waals surface area contributed by atoms with Gasteiger partial charge in [-0.1, -0.05) is 23.2 Å². The Bertz CT molecular complexity index is 1100. The van der Waals surface area contributed by atoms with E-state index in [4.69, 9.17) is 34.2 Å². The summed E-state index contributed by atoms with van der Waals surface area (Å²) in [6.07, 6.45) is 1.46. The second kappa shape index (κ2) is 6.93. The number of anilines is 1. The number of nitrogens with zero attached hydrogens (tertiary/aromatic N) is 3. The predicted molar refractivity (Wildman–Crippen MR) is 99.5 cm³/mol. The van der Waals surface area contributed by atoms with Gasteiger partial charge in [-0.3, -0.25) is 4.79 Å². The summed E-state index contributed by atoms with van der Waals surface area (Å²) in [7, 11) is 0. The topological polar surface area (TPSA) is 95.6 Å². The van der Waals surface area contributed by atoms with Crippen LogP contribution in [0, 0.1) is 22.7 Å². The highest BCUT2D eigenvalue weighted by Crippen LogP contribution is 2.31. The molecule has 0 atom stereocenters. The molecule has 0 unspecified atom stereocenters. The molecular weight excluding hydrogens is 371 g/mol. The van der Waals surface area contributed by atoms with Gasteiger partial charge in [0.1, 0.15) is 11.8 Å². The molecule has 0 saturated heterocycles. The van der Waals surface area contributed by atoms with E-state index in [9.17, 15) is 10.1 Å². The maximum Gasteiger partial charge on any atom is 0.211 e. The molecule has 0 aliphatic rings. The quantitative estimate of drug-likeness (QED) is 0.683. The van der Waals surface area contributed by atoms with Gasteiger partial charge in [-0.2, -0.15) is 10.5 Å². The van der Waals surface area contributed by atoms with Crippen LogP contribution in [0.4, 0.5) is 5.69 Å². The Morgan fingerprint density at radius 2 is 1.73 bits per heavy atom. The molecule has 126 valence electrons. The monoisotopic (exact) mass is 380 g/mol. The lowest BCUT2D eigenvalue weighted by Gasteiger charge is -2.11. The summed E-state index contributed by atoms with van der Waals surface area (Å²) in [6.45, 7) is 0. The zero-order chi connectivity index (χ0) is 18.8. The van der Waals surface area contributed by atoms with Crippen molar-refractivity contribution in [1.82, 2.24) is 4.57 Å². The Morgan fingerprint density at radius 3 is 2.31 bits per heavy atom. The maximum absolute atomic E-state index is 13.0. The Balaban J connectivity index is 2.20. The molecule has 0 saturated carbocycles. The number of carbonyl (C=O) groups is 1. The molecule has 3 rings (SSSR count). The summed E-state index contributed by atoms with van der Waals surface area (Å²) in [5.74, 6) is -0.389. The molecule has 26 heavy (non-hydrogen) atoms. The van der Waals surface area contributed by atoms with E-state index in [1.807, 2.05) is 12.1 Å². The number of ketones is 1. The summed E-state index contributed by atoms with van der Waals surface area (Å²) in [6, 6.07) is 14.9. The van der Waals surface area contributed by atoms with Crippen molar-refractivity contribution in [3.8, 4) is 17.8 Å². The minimum atomic E-state index is -0.389. The zero-order valence-corrected chi connectivity index (χ0v) is 14.7. The van der Waals surface area contributed by atoms with Gasteiger partial charge in [-0.05, 0) is 42.5 Å². The first kappa shape index (κ1) is 17.6. The van der Waals surface area contributed by atoms with E-state index >= 15 is 0 Å². The fraction of sp³-hybridized carbons (Fsp3) is 0. The average Bonchev–Trinajstić information content (AvgIpc) is 2.97. The lowest BCUT2D eigenvalue weighted by molar-refractivity contribution is 0.103. The van der Waals surface area contributed by atoms with Crippen molar-refractivity contribution in [1.29, 1.82) is 10.5 Å². The number of benzene rings is 2. The van der Waals surface area contributed by atoms with Crippen molar-refractivity contribution in [2.75, 3.05) is 5.73 Å². The minimum absolute atomic E-state index is 0.0628. The van der Waals surface area contributed by atoms with Crippen LogP contribution in [-0.4, -0.2) is 10.4 Å². The number of halogens is 2. The van der Waals surface area contributed by atoms with Gasteiger partial charge in [0.25, 0.3) is 0 Å². The van der Waals surface area contributed by atoms with Gasteiger partial charge < -0.3 is 10.3 Å². The number of hydrogen-bond donors (Lipinski definition) is 1. The van der Waals surface area contributed by atoms with E-state index in [-0.39, 0.29) is 22.7 Å². The Morgan fingerprint density at radius 1 is 1.04 bits per heavy atom. The number of hydrogen-bond acceptors (Lipinski definition) is 4. The lowest BCUT2D eigenvalue weighted by atomic mass is 10.0. The standard InChI is InChI=1S/C19H10Cl2N4O/c20-14-5-6-16(15(21)7-14)25-10-13(9-23)17(24)18(25)19(26)12-3-1-11(8-22)2-4-12/h1-7,10H,24H2. The van der Waals surface area contributed by atoms with Gasteiger partial charge in [-0.25, -0.2) is 0 Å². The fourth-order valence-corrected chi connectivity index (χ4v) is 3.04. The molecule has 0 spiro atoms. The van der Waals surface area contributed by atoms with Gasteiger partial charge >= 0.3 is 0 Å². The van der Waals surface area contributed by atoms with E-state index in [1.165, 1.54) is 41.1 Å². The van der Waals surface area contributed by atoms with Crippen LogP contribution in [0.5, 0.6) is 0 Å². The molecule has 5 nitrogen and oxygen atoms in total. The zero-order valence-electron chi connectivity index (χ0n) is 13.2. The van der Waals surface area contributed by atoms with Crippen LogP contribution in [-0.2, 0) is 0 Å². The summed E-state index contributed by atoms with van der Waals surface area (Å²) in [4.78, 5) is 13.0. The van der Waals surface area contributed by atoms with Crippen molar-refractivity contribution in [2.24, 2.45) is 0 Å². The van der Waals surface area contributed by atoms with Crippen molar-refractivity contribution in [3.63, 3.8) is 0 Å². The van der Waals surface area contributed by atoms with E-state index in [0.29, 0.717) is 26.9 Å². The maximum atomic E-state index is 13.0. The first-order valence-electron chi connectivity index (χ1n) is 7.37. The van der Waals surface area contributed by atoms with Crippen LogP contribution in [0.25, 0.3) is 5.69 Å². The number of aromatic nitrogens is 1.